The van der Waals surface area contributed by atoms with Gasteiger partial charge in [-0.05, 0) is 35.7 Å². The van der Waals surface area contributed by atoms with Crippen molar-refractivity contribution in [3.8, 4) is 0 Å². The molecule has 60 valence electrons. The fraction of sp³-hybridized carbons (Fsp3) is 0.111. The van der Waals surface area contributed by atoms with Gasteiger partial charge in [0.15, 0.2) is 0 Å². The number of rotatable bonds is 2. The lowest BCUT2D eigenvalue weighted by Crippen LogP contribution is -2.40. The summed E-state index contributed by atoms with van der Waals surface area (Å²) in [6, 6.07) is 8.25. The zero-order chi connectivity index (χ0) is 8.39. The molecule has 3 heteroatoms. The maximum atomic E-state index is 3.21. The van der Waals surface area contributed by atoms with Crippen LogP contribution in [0, 0.1) is 0 Å². The lowest BCUT2D eigenvalue weighted by atomic mass is 9.47. The van der Waals surface area contributed by atoms with Crippen LogP contribution in [0.1, 0.15) is 0 Å². The third-order valence-electron chi connectivity index (χ3n) is 2.18. The van der Waals surface area contributed by atoms with E-state index in [0.29, 0.717) is 6.71 Å². The van der Waals surface area contributed by atoms with Crippen molar-refractivity contribution in [1.82, 2.24) is 9.97 Å². The molecule has 0 amide bonds. The van der Waals surface area contributed by atoms with E-state index in [1.165, 1.54) is 11.2 Å². The van der Waals surface area contributed by atoms with Gasteiger partial charge >= 0.3 is 0 Å². The number of aromatic nitrogens is 2. The SMILES string of the molecule is CB(c1ccc[nH]1)c1ccc[nH]1. The molecule has 2 aromatic rings. The van der Waals surface area contributed by atoms with Gasteiger partial charge in [-0.2, -0.15) is 0 Å². The van der Waals surface area contributed by atoms with Crippen molar-refractivity contribution in [2.24, 2.45) is 0 Å². The summed E-state index contributed by atoms with van der Waals surface area (Å²) in [7, 11) is 0. The molecule has 2 rings (SSSR count). The van der Waals surface area contributed by atoms with Gasteiger partial charge < -0.3 is 9.97 Å². The van der Waals surface area contributed by atoms with Gasteiger partial charge in [0.25, 0.3) is 0 Å². The van der Waals surface area contributed by atoms with Gasteiger partial charge in [-0.1, -0.05) is 19.0 Å². The van der Waals surface area contributed by atoms with Crippen LogP contribution in [0.4, 0.5) is 0 Å². The molecule has 0 spiro atoms. The predicted molar refractivity (Wildman–Crippen MR) is 52.5 cm³/mol. The van der Waals surface area contributed by atoms with Crippen LogP contribution in [0.3, 0.4) is 0 Å². The van der Waals surface area contributed by atoms with E-state index < -0.39 is 0 Å². The molecule has 0 aromatic carbocycles. The third kappa shape index (κ3) is 1.18. The lowest BCUT2D eigenvalue weighted by Gasteiger charge is -2.02. The molecule has 0 atom stereocenters. The van der Waals surface area contributed by atoms with Gasteiger partial charge in [-0.25, -0.2) is 0 Å². The van der Waals surface area contributed by atoms with Crippen molar-refractivity contribution < 1.29 is 0 Å². The molecule has 0 radical (unpaired) electrons. The van der Waals surface area contributed by atoms with Crippen LogP contribution in [-0.2, 0) is 0 Å². The van der Waals surface area contributed by atoms with E-state index in [1.807, 2.05) is 24.5 Å². The first kappa shape index (κ1) is 7.28. The third-order valence-corrected chi connectivity index (χ3v) is 2.18. The number of nitrogens with one attached hydrogen (secondary N) is 2. The van der Waals surface area contributed by atoms with Gasteiger partial charge in [0.05, 0.1) is 0 Å². The minimum absolute atomic E-state index is 0.426. The molecule has 0 unspecified atom stereocenters. The summed E-state index contributed by atoms with van der Waals surface area (Å²) in [6.07, 6.45) is 3.91. The normalized spacial score (nSPS) is 10.1. The molecule has 0 saturated carbocycles. The molecule has 0 bridgehead atoms. The summed E-state index contributed by atoms with van der Waals surface area (Å²) in [5.74, 6) is 0. The molecule has 2 N–H and O–H groups in total. The fourth-order valence-electron chi connectivity index (χ4n) is 1.39. The highest BCUT2D eigenvalue weighted by Crippen LogP contribution is 1.86. The quantitative estimate of drug-likeness (QED) is 0.599. The fourth-order valence-corrected chi connectivity index (χ4v) is 1.39. The van der Waals surface area contributed by atoms with Gasteiger partial charge in [-0.15, -0.1) is 0 Å². The van der Waals surface area contributed by atoms with Crippen LogP contribution in [0.25, 0.3) is 0 Å². The molecule has 0 aliphatic carbocycles. The van der Waals surface area contributed by atoms with Gasteiger partial charge in [0.2, 0.25) is 6.71 Å². The van der Waals surface area contributed by atoms with E-state index in [9.17, 15) is 0 Å². The standard InChI is InChI=1S/C9H11BN2/c1-10(8-4-2-6-11-8)9-5-3-7-12-9/h2-7,11-12H,1H3. The van der Waals surface area contributed by atoms with Crippen LogP contribution in [-0.4, -0.2) is 16.7 Å². The van der Waals surface area contributed by atoms with Crippen LogP contribution in [0.15, 0.2) is 36.7 Å². The van der Waals surface area contributed by atoms with E-state index in [-0.39, 0.29) is 0 Å². The maximum Gasteiger partial charge on any atom is 0.247 e. The predicted octanol–water partition coefficient (Wildman–Crippen LogP) is 0.582. The number of hydrogen-bond donors (Lipinski definition) is 2. The molecule has 0 saturated heterocycles. The molecule has 2 heterocycles. The molecule has 12 heavy (non-hydrogen) atoms. The van der Waals surface area contributed by atoms with Crippen LogP contribution >= 0.6 is 0 Å². The number of hydrogen-bond acceptors (Lipinski definition) is 0. The van der Waals surface area contributed by atoms with E-state index >= 15 is 0 Å². The second-order valence-electron chi connectivity index (χ2n) is 2.97. The average molecular weight is 158 g/mol. The zero-order valence-electron chi connectivity index (χ0n) is 7.04. The van der Waals surface area contributed by atoms with Gasteiger partial charge in [0, 0.05) is 0 Å². The smallest absolute Gasteiger partial charge is 0.247 e. The summed E-state index contributed by atoms with van der Waals surface area (Å²) in [5.41, 5.74) is 2.50. The molecule has 2 nitrogen and oxygen atoms in total. The molecule has 0 fully saturated rings. The highest BCUT2D eigenvalue weighted by atomic mass is 14.7. The first-order chi connectivity index (χ1) is 5.88. The van der Waals surface area contributed by atoms with E-state index in [0.717, 1.165) is 0 Å². The van der Waals surface area contributed by atoms with E-state index in [1.54, 1.807) is 0 Å². The van der Waals surface area contributed by atoms with Crippen LogP contribution < -0.4 is 11.2 Å². The summed E-state index contributed by atoms with van der Waals surface area (Å²) < 4.78 is 0. The Balaban J connectivity index is 2.27. The molecule has 0 aliphatic heterocycles. The minimum Gasteiger partial charge on any atom is -0.373 e. The summed E-state index contributed by atoms with van der Waals surface area (Å²) >= 11 is 0. The van der Waals surface area contributed by atoms with Crippen molar-refractivity contribution in [2.75, 3.05) is 0 Å². The first-order valence-corrected chi connectivity index (χ1v) is 4.14. The molecular weight excluding hydrogens is 147 g/mol. The Morgan fingerprint density at radius 1 is 1.00 bits per heavy atom. The Morgan fingerprint density at radius 3 is 1.83 bits per heavy atom. The summed E-state index contributed by atoms with van der Waals surface area (Å²) in [4.78, 5) is 6.41. The largest absolute Gasteiger partial charge is 0.373 e. The van der Waals surface area contributed by atoms with Crippen molar-refractivity contribution in [3.63, 3.8) is 0 Å². The monoisotopic (exact) mass is 158 g/mol. The number of H-pyrrole nitrogens is 2. The van der Waals surface area contributed by atoms with Gasteiger partial charge in [-0.3, -0.25) is 0 Å². The van der Waals surface area contributed by atoms with Gasteiger partial charge in [0.1, 0.15) is 0 Å². The molecule has 0 aliphatic rings. The van der Waals surface area contributed by atoms with Crippen molar-refractivity contribution in [1.29, 1.82) is 0 Å². The van der Waals surface area contributed by atoms with Crippen molar-refractivity contribution in [3.05, 3.63) is 36.7 Å². The number of aromatic amines is 2. The molecule has 2 aromatic heterocycles. The highest BCUT2D eigenvalue weighted by molar-refractivity contribution is 6.82. The Kier molecular flexibility index (Phi) is 1.78. The zero-order valence-corrected chi connectivity index (χ0v) is 7.04. The second kappa shape index (κ2) is 2.93. The van der Waals surface area contributed by atoms with E-state index in [2.05, 4.69) is 28.9 Å². The average Bonchev–Trinajstić information content (AvgIpc) is 2.77. The Hall–Kier alpha value is -1.38. The second-order valence-corrected chi connectivity index (χ2v) is 2.97. The Bertz CT molecular complexity index is 289. The summed E-state index contributed by atoms with van der Waals surface area (Å²) in [6.45, 7) is 2.60. The van der Waals surface area contributed by atoms with Crippen LogP contribution in [0.5, 0.6) is 0 Å². The van der Waals surface area contributed by atoms with E-state index in [4.69, 9.17) is 0 Å². The lowest BCUT2D eigenvalue weighted by molar-refractivity contribution is 1.43. The van der Waals surface area contributed by atoms with Crippen molar-refractivity contribution >= 4 is 17.9 Å². The van der Waals surface area contributed by atoms with Crippen LogP contribution in [0.2, 0.25) is 6.82 Å². The Labute approximate surface area is 72.1 Å². The minimum atomic E-state index is 0.426. The Morgan fingerprint density at radius 2 is 1.50 bits per heavy atom. The maximum absolute atomic E-state index is 3.21. The highest BCUT2D eigenvalue weighted by Gasteiger charge is 2.13. The first-order valence-electron chi connectivity index (χ1n) is 4.14. The topological polar surface area (TPSA) is 31.6 Å². The summed E-state index contributed by atoms with van der Waals surface area (Å²) in [5, 5.41) is 0. The van der Waals surface area contributed by atoms with Crippen molar-refractivity contribution in [2.45, 2.75) is 6.82 Å². The molecular formula is C9H11BN2.